The summed E-state index contributed by atoms with van der Waals surface area (Å²) in [5.41, 5.74) is -0.837. The molecular formula is C8H14BrNO3. The number of carbonyl (C=O) groups excluding carboxylic acids is 2. The lowest BCUT2D eigenvalue weighted by Crippen LogP contribution is -2.51. The number of amides is 1. The molecule has 4 nitrogen and oxygen atoms in total. The molecule has 0 bridgehead atoms. The fraction of sp³-hybridized carbons (Fsp3) is 0.750. The third kappa shape index (κ3) is 2.69. The maximum Gasteiger partial charge on any atom is 0.410 e. The van der Waals surface area contributed by atoms with Crippen LogP contribution in [-0.2, 0) is 9.53 Å². The first kappa shape index (κ1) is 12.4. The van der Waals surface area contributed by atoms with Gasteiger partial charge in [0.15, 0.2) is 5.78 Å². The molecule has 1 amide bonds. The van der Waals surface area contributed by atoms with Gasteiger partial charge in [-0.15, -0.1) is 0 Å². The third-order valence-corrected chi connectivity index (χ3v) is 2.60. The van der Waals surface area contributed by atoms with E-state index in [1.165, 1.54) is 19.1 Å². The molecular weight excluding hydrogens is 238 g/mol. The van der Waals surface area contributed by atoms with Crippen molar-refractivity contribution >= 4 is 27.8 Å². The van der Waals surface area contributed by atoms with E-state index in [9.17, 15) is 9.59 Å². The lowest BCUT2D eigenvalue weighted by Gasteiger charge is -2.32. The topological polar surface area (TPSA) is 46.6 Å². The molecule has 0 saturated heterocycles. The van der Waals surface area contributed by atoms with Crippen molar-refractivity contribution in [3.63, 3.8) is 0 Å². The first-order chi connectivity index (χ1) is 5.87. The van der Waals surface area contributed by atoms with Crippen LogP contribution in [0.5, 0.6) is 0 Å². The van der Waals surface area contributed by atoms with Crippen molar-refractivity contribution in [1.29, 1.82) is 0 Å². The summed E-state index contributed by atoms with van der Waals surface area (Å²) in [6.45, 7) is 3.35. The zero-order valence-corrected chi connectivity index (χ0v) is 9.84. The summed E-state index contributed by atoms with van der Waals surface area (Å²) < 4.78 is 4.51. The lowest BCUT2D eigenvalue weighted by atomic mass is 9.99. The Balaban J connectivity index is 4.62. The summed E-state index contributed by atoms with van der Waals surface area (Å²) in [5, 5.41) is 0.224. The molecule has 0 aromatic heterocycles. The lowest BCUT2D eigenvalue weighted by molar-refractivity contribution is -0.125. The second kappa shape index (κ2) is 4.60. The maximum absolute atomic E-state index is 11.4. The van der Waals surface area contributed by atoms with Crippen LogP contribution in [0.25, 0.3) is 0 Å². The van der Waals surface area contributed by atoms with E-state index in [2.05, 4.69) is 20.7 Å². The Labute approximate surface area is 86.4 Å². The monoisotopic (exact) mass is 251 g/mol. The van der Waals surface area contributed by atoms with Crippen molar-refractivity contribution in [3.8, 4) is 0 Å². The molecule has 0 aliphatic heterocycles. The molecule has 0 radical (unpaired) electrons. The number of Topliss-reactive ketones (excluding diaryl/α,β-unsaturated/α-hetero) is 1. The second-order valence-electron chi connectivity index (χ2n) is 3.14. The van der Waals surface area contributed by atoms with Crippen molar-refractivity contribution in [3.05, 3.63) is 0 Å². The highest BCUT2D eigenvalue weighted by Crippen LogP contribution is 2.15. The van der Waals surface area contributed by atoms with Crippen LogP contribution in [0.15, 0.2) is 0 Å². The number of carbonyl (C=O) groups is 2. The Kier molecular flexibility index (Phi) is 4.39. The summed E-state index contributed by atoms with van der Waals surface area (Å²) in [7, 11) is 2.82. The van der Waals surface area contributed by atoms with E-state index in [1.807, 2.05) is 0 Å². The summed E-state index contributed by atoms with van der Waals surface area (Å²) in [6, 6.07) is 0. The van der Waals surface area contributed by atoms with Crippen molar-refractivity contribution in [2.45, 2.75) is 19.4 Å². The standard InChI is InChI=1S/C8H14BrNO3/c1-8(2,6(11)5-9)10(3)7(12)13-4/h5H2,1-4H3. The zero-order chi connectivity index (χ0) is 10.6. The largest absolute Gasteiger partial charge is 0.453 e. The van der Waals surface area contributed by atoms with E-state index in [4.69, 9.17) is 0 Å². The number of halogens is 1. The maximum atomic E-state index is 11.4. The zero-order valence-electron chi connectivity index (χ0n) is 8.26. The molecule has 0 atom stereocenters. The van der Waals surface area contributed by atoms with Gasteiger partial charge in [-0.3, -0.25) is 9.69 Å². The van der Waals surface area contributed by atoms with Crippen LogP contribution < -0.4 is 0 Å². The molecule has 0 heterocycles. The molecule has 0 N–H and O–H groups in total. The third-order valence-electron chi connectivity index (χ3n) is 2.09. The first-order valence-corrected chi connectivity index (χ1v) is 4.91. The van der Waals surface area contributed by atoms with Crippen LogP contribution in [0, 0.1) is 0 Å². The smallest absolute Gasteiger partial charge is 0.410 e. The summed E-state index contributed by atoms with van der Waals surface area (Å²) in [5.74, 6) is -0.0691. The Morgan fingerprint density at radius 3 is 2.23 bits per heavy atom. The van der Waals surface area contributed by atoms with Gasteiger partial charge in [0.2, 0.25) is 0 Å². The Morgan fingerprint density at radius 2 is 1.92 bits per heavy atom. The summed E-state index contributed by atoms with van der Waals surface area (Å²) >= 11 is 3.06. The molecule has 0 aliphatic rings. The Morgan fingerprint density at radius 1 is 1.46 bits per heavy atom. The highest BCUT2D eigenvalue weighted by Gasteiger charge is 2.34. The number of nitrogens with zero attached hydrogens (tertiary/aromatic N) is 1. The number of hydrogen-bond donors (Lipinski definition) is 0. The fourth-order valence-corrected chi connectivity index (χ4v) is 1.40. The minimum absolute atomic E-state index is 0.0691. The van der Waals surface area contributed by atoms with Crippen molar-refractivity contribution in [2.24, 2.45) is 0 Å². The highest BCUT2D eigenvalue weighted by atomic mass is 79.9. The number of likely N-dealkylation sites (N-methyl/N-ethyl adjacent to an activating group) is 1. The molecule has 13 heavy (non-hydrogen) atoms. The quantitative estimate of drug-likeness (QED) is 0.714. The van der Waals surface area contributed by atoms with Gasteiger partial charge < -0.3 is 4.74 Å². The normalized spacial score (nSPS) is 10.8. The van der Waals surface area contributed by atoms with Gasteiger partial charge >= 0.3 is 6.09 Å². The van der Waals surface area contributed by atoms with Crippen LogP contribution in [0.4, 0.5) is 4.79 Å². The molecule has 0 aromatic carbocycles. The highest BCUT2D eigenvalue weighted by molar-refractivity contribution is 9.09. The van der Waals surface area contributed by atoms with Crippen LogP contribution in [0.2, 0.25) is 0 Å². The minimum Gasteiger partial charge on any atom is -0.453 e. The molecule has 0 unspecified atom stereocenters. The van der Waals surface area contributed by atoms with E-state index >= 15 is 0 Å². The number of methoxy groups -OCH3 is 1. The SMILES string of the molecule is COC(=O)N(C)C(C)(C)C(=O)CBr. The van der Waals surface area contributed by atoms with E-state index in [-0.39, 0.29) is 11.1 Å². The van der Waals surface area contributed by atoms with Crippen molar-refractivity contribution < 1.29 is 14.3 Å². The van der Waals surface area contributed by atoms with E-state index < -0.39 is 11.6 Å². The molecule has 0 spiro atoms. The average molecular weight is 252 g/mol. The summed E-state index contributed by atoms with van der Waals surface area (Å²) in [6.07, 6.45) is -0.515. The number of rotatable bonds is 3. The predicted molar refractivity (Wildman–Crippen MR) is 53.0 cm³/mol. The molecule has 0 fully saturated rings. The molecule has 0 rings (SSSR count). The fourth-order valence-electron chi connectivity index (χ4n) is 0.716. The van der Waals surface area contributed by atoms with Gasteiger partial charge in [-0.05, 0) is 13.8 Å². The van der Waals surface area contributed by atoms with Gasteiger partial charge in [-0.2, -0.15) is 0 Å². The first-order valence-electron chi connectivity index (χ1n) is 3.79. The van der Waals surface area contributed by atoms with Gasteiger partial charge in [0.05, 0.1) is 18.0 Å². The van der Waals surface area contributed by atoms with Crippen LogP contribution in [-0.4, -0.2) is 41.8 Å². The minimum atomic E-state index is -0.837. The van der Waals surface area contributed by atoms with Gasteiger partial charge in [-0.1, -0.05) is 15.9 Å². The van der Waals surface area contributed by atoms with Crippen molar-refractivity contribution in [1.82, 2.24) is 4.90 Å². The Bertz CT molecular complexity index is 215. The van der Waals surface area contributed by atoms with Crippen molar-refractivity contribution in [2.75, 3.05) is 19.5 Å². The molecule has 0 aromatic rings. The molecule has 0 saturated carbocycles. The predicted octanol–water partition coefficient (Wildman–Crippen LogP) is 1.43. The van der Waals surface area contributed by atoms with Gasteiger partial charge in [-0.25, -0.2) is 4.79 Å². The van der Waals surface area contributed by atoms with Crippen LogP contribution in [0.1, 0.15) is 13.8 Å². The van der Waals surface area contributed by atoms with E-state index in [0.29, 0.717) is 0 Å². The Hall–Kier alpha value is -0.580. The van der Waals surface area contributed by atoms with Gasteiger partial charge in [0.1, 0.15) is 0 Å². The number of ether oxygens (including phenoxy) is 1. The van der Waals surface area contributed by atoms with Gasteiger partial charge in [0.25, 0.3) is 0 Å². The average Bonchev–Trinajstić information content (AvgIpc) is 2.13. The molecule has 0 aliphatic carbocycles. The summed E-state index contributed by atoms with van der Waals surface area (Å²) in [4.78, 5) is 23.8. The van der Waals surface area contributed by atoms with E-state index in [1.54, 1.807) is 13.8 Å². The number of alkyl halides is 1. The molecule has 76 valence electrons. The number of ketones is 1. The second-order valence-corrected chi connectivity index (χ2v) is 3.71. The van der Waals surface area contributed by atoms with E-state index in [0.717, 1.165) is 0 Å². The van der Waals surface area contributed by atoms with Crippen LogP contribution in [0.3, 0.4) is 0 Å². The molecule has 5 heteroatoms. The van der Waals surface area contributed by atoms with Gasteiger partial charge in [0, 0.05) is 7.05 Å². The van der Waals surface area contributed by atoms with Crippen LogP contribution >= 0.6 is 15.9 Å². The number of hydrogen-bond acceptors (Lipinski definition) is 3.